The molecule has 108 valence electrons. The minimum Gasteiger partial charge on any atom is -0.381 e. The highest BCUT2D eigenvalue weighted by Gasteiger charge is 2.58. The van der Waals surface area contributed by atoms with Gasteiger partial charge in [-0.15, -0.1) is 5.10 Å². The summed E-state index contributed by atoms with van der Waals surface area (Å²) in [5.41, 5.74) is 2.39. The van der Waals surface area contributed by atoms with Crippen LogP contribution in [0.2, 0.25) is 0 Å². The summed E-state index contributed by atoms with van der Waals surface area (Å²) >= 11 is 0. The zero-order chi connectivity index (χ0) is 13.7. The van der Waals surface area contributed by atoms with E-state index in [1.807, 2.05) is 13.8 Å². The average molecular weight is 274 g/mol. The molecule has 2 aliphatic heterocycles. The molecule has 1 aliphatic carbocycles. The Morgan fingerprint density at radius 2 is 1.85 bits per heavy atom. The summed E-state index contributed by atoms with van der Waals surface area (Å²) in [6.07, 6.45) is 5.12. The highest BCUT2D eigenvalue weighted by atomic mass is 16.5. The first-order chi connectivity index (χ1) is 9.70. The van der Waals surface area contributed by atoms with E-state index in [0.717, 1.165) is 43.0 Å². The summed E-state index contributed by atoms with van der Waals surface area (Å²) < 4.78 is 5.56. The van der Waals surface area contributed by atoms with Crippen LogP contribution in [0.4, 0.5) is 5.95 Å². The number of rotatable bonds is 2. The molecular weight excluding hydrogens is 252 g/mol. The van der Waals surface area contributed by atoms with Crippen LogP contribution < -0.4 is 4.90 Å². The smallest absolute Gasteiger partial charge is 0.245 e. The Morgan fingerprint density at radius 1 is 1.10 bits per heavy atom. The Balaban J connectivity index is 1.61. The van der Waals surface area contributed by atoms with E-state index in [1.165, 1.54) is 25.7 Å². The number of hydrogen-bond donors (Lipinski definition) is 0. The first-order valence-electron chi connectivity index (χ1n) is 7.72. The number of anilines is 1. The van der Waals surface area contributed by atoms with Crippen LogP contribution in [0.3, 0.4) is 0 Å². The quantitative estimate of drug-likeness (QED) is 0.824. The third-order valence-electron chi connectivity index (χ3n) is 5.34. The molecule has 1 aromatic heterocycles. The van der Waals surface area contributed by atoms with Crippen molar-refractivity contribution in [2.24, 2.45) is 11.3 Å². The maximum absolute atomic E-state index is 5.56. The van der Waals surface area contributed by atoms with Gasteiger partial charge in [0.15, 0.2) is 0 Å². The molecule has 1 aromatic rings. The Bertz CT molecular complexity index is 523. The maximum atomic E-state index is 5.56. The predicted molar refractivity (Wildman–Crippen MR) is 75.6 cm³/mol. The van der Waals surface area contributed by atoms with Gasteiger partial charge in [-0.3, -0.25) is 0 Å². The molecular formula is C15H22N4O. The van der Waals surface area contributed by atoms with E-state index in [2.05, 4.69) is 20.1 Å². The first-order valence-corrected chi connectivity index (χ1v) is 7.72. The zero-order valence-corrected chi connectivity index (χ0v) is 12.3. The Hall–Kier alpha value is -1.23. The molecule has 5 heteroatoms. The van der Waals surface area contributed by atoms with Gasteiger partial charge < -0.3 is 9.64 Å². The molecule has 0 unspecified atom stereocenters. The van der Waals surface area contributed by atoms with Crippen molar-refractivity contribution in [3.63, 3.8) is 0 Å². The molecule has 3 fully saturated rings. The maximum Gasteiger partial charge on any atom is 0.245 e. The van der Waals surface area contributed by atoms with Gasteiger partial charge in [-0.05, 0) is 45.4 Å². The van der Waals surface area contributed by atoms with Crippen molar-refractivity contribution in [1.29, 1.82) is 0 Å². The van der Waals surface area contributed by atoms with Gasteiger partial charge in [0.1, 0.15) is 0 Å². The molecule has 1 atom stereocenters. The fourth-order valence-electron chi connectivity index (χ4n) is 3.91. The van der Waals surface area contributed by atoms with Crippen LogP contribution in [-0.2, 0) is 4.74 Å². The standard InChI is InChI=1S/C15H22N4O/c1-10-11(2)17-18-14(16-10)19-9-15(5-7-20-8-6-15)13(19)12-3-4-12/h12-13H,3-9H2,1-2H3/t13-/m0/s1. The van der Waals surface area contributed by atoms with Crippen molar-refractivity contribution < 1.29 is 4.74 Å². The fraction of sp³-hybridized carbons (Fsp3) is 0.800. The van der Waals surface area contributed by atoms with E-state index < -0.39 is 0 Å². The van der Waals surface area contributed by atoms with Gasteiger partial charge in [0.2, 0.25) is 5.95 Å². The summed E-state index contributed by atoms with van der Waals surface area (Å²) in [4.78, 5) is 7.06. The lowest BCUT2D eigenvalue weighted by atomic mass is 9.64. The summed E-state index contributed by atoms with van der Waals surface area (Å²) in [6.45, 7) is 6.91. The van der Waals surface area contributed by atoms with Gasteiger partial charge >= 0.3 is 0 Å². The second-order valence-electron chi connectivity index (χ2n) is 6.67. The fourth-order valence-corrected chi connectivity index (χ4v) is 3.91. The second kappa shape index (κ2) is 4.38. The number of nitrogens with zero attached hydrogens (tertiary/aromatic N) is 4. The summed E-state index contributed by atoms with van der Waals surface area (Å²) in [7, 11) is 0. The number of aromatic nitrogens is 3. The molecule has 1 spiro atoms. The molecule has 3 aliphatic rings. The van der Waals surface area contributed by atoms with Crippen molar-refractivity contribution in [3.05, 3.63) is 11.4 Å². The van der Waals surface area contributed by atoms with Crippen LogP contribution in [0.1, 0.15) is 37.1 Å². The Kier molecular flexibility index (Phi) is 2.74. The monoisotopic (exact) mass is 274 g/mol. The topological polar surface area (TPSA) is 51.1 Å². The van der Waals surface area contributed by atoms with Crippen LogP contribution in [0.25, 0.3) is 0 Å². The molecule has 0 aromatic carbocycles. The zero-order valence-electron chi connectivity index (χ0n) is 12.3. The molecule has 1 saturated carbocycles. The Labute approximate surface area is 119 Å². The average Bonchev–Trinajstić information content (AvgIpc) is 3.25. The highest BCUT2D eigenvalue weighted by Crippen LogP contribution is 2.55. The third kappa shape index (κ3) is 1.83. The van der Waals surface area contributed by atoms with E-state index in [1.54, 1.807) is 0 Å². The predicted octanol–water partition coefficient (Wildman–Crippen LogP) is 1.88. The van der Waals surface area contributed by atoms with Crippen LogP contribution in [0.5, 0.6) is 0 Å². The summed E-state index contributed by atoms with van der Waals surface area (Å²) in [6, 6.07) is 0.621. The first kappa shape index (κ1) is 12.5. The SMILES string of the molecule is Cc1nnc(N2CC3(CCOCC3)[C@@H]2C2CC2)nc1C. The molecule has 4 rings (SSSR count). The number of ether oxygens (including phenoxy) is 1. The third-order valence-corrected chi connectivity index (χ3v) is 5.34. The van der Waals surface area contributed by atoms with E-state index in [-0.39, 0.29) is 0 Å². The van der Waals surface area contributed by atoms with Crippen molar-refractivity contribution >= 4 is 5.95 Å². The van der Waals surface area contributed by atoms with Gasteiger partial charge in [-0.1, -0.05) is 0 Å². The molecule has 3 heterocycles. The van der Waals surface area contributed by atoms with Gasteiger partial charge in [0.25, 0.3) is 0 Å². The van der Waals surface area contributed by atoms with Crippen LogP contribution in [-0.4, -0.2) is 41.0 Å². The van der Waals surface area contributed by atoms with Crippen LogP contribution >= 0.6 is 0 Å². The number of aryl methyl sites for hydroxylation is 2. The molecule has 0 amide bonds. The minimum atomic E-state index is 0.460. The summed E-state index contributed by atoms with van der Waals surface area (Å²) in [5, 5.41) is 8.58. The van der Waals surface area contributed by atoms with Crippen molar-refractivity contribution in [2.75, 3.05) is 24.7 Å². The molecule has 20 heavy (non-hydrogen) atoms. The summed E-state index contributed by atoms with van der Waals surface area (Å²) in [5.74, 6) is 1.68. The highest BCUT2D eigenvalue weighted by molar-refractivity contribution is 5.41. The van der Waals surface area contributed by atoms with E-state index in [0.29, 0.717) is 11.5 Å². The largest absolute Gasteiger partial charge is 0.381 e. The number of hydrogen-bond acceptors (Lipinski definition) is 5. The van der Waals surface area contributed by atoms with Gasteiger partial charge in [-0.2, -0.15) is 5.10 Å². The van der Waals surface area contributed by atoms with E-state index in [9.17, 15) is 0 Å². The van der Waals surface area contributed by atoms with Gasteiger partial charge in [0, 0.05) is 31.2 Å². The van der Waals surface area contributed by atoms with E-state index in [4.69, 9.17) is 4.74 Å². The molecule has 0 radical (unpaired) electrons. The molecule has 2 saturated heterocycles. The molecule has 0 bridgehead atoms. The molecule has 0 N–H and O–H groups in total. The van der Waals surface area contributed by atoms with Crippen molar-refractivity contribution in [3.8, 4) is 0 Å². The van der Waals surface area contributed by atoms with Gasteiger partial charge in [-0.25, -0.2) is 4.98 Å². The lowest BCUT2D eigenvalue weighted by Gasteiger charge is -2.59. The molecule has 5 nitrogen and oxygen atoms in total. The normalized spacial score (nSPS) is 28.5. The van der Waals surface area contributed by atoms with Crippen molar-refractivity contribution in [1.82, 2.24) is 15.2 Å². The van der Waals surface area contributed by atoms with Crippen LogP contribution in [0.15, 0.2) is 0 Å². The van der Waals surface area contributed by atoms with Crippen molar-refractivity contribution in [2.45, 2.75) is 45.6 Å². The second-order valence-corrected chi connectivity index (χ2v) is 6.67. The lowest BCUT2D eigenvalue weighted by Crippen LogP contribution is -2.68. The lowest BCUT2D eigenvalue weighted by molar-refractivity contribution is -0.0345. The van der Waals surface area contributed by atoms with E-state index >= 15 is 0 Å². The van der Waals surface area contributed by atoms with Crippen LogP contribution in [0, 0.1) is 25.2 Å². The van der Waals surface area contributed by atoms with Gasteiger partial charge in [0.05, 0.1) is 11.4 Å². The minimum absolute atomic E-state index is 0.460. The Morgan fingerprint density at radius 3 is 2.50 bits per heavy atom.